The van der Waals surface area contributed by atoms with Gasteiger partial charge < -0.3 is 8.97 Å². The van der Waals surface area contributed by atoms with Crippen LogP contribution in [0, 0.1) is 0 Å². The highest BCUT2D eigenvalue weighted by atomic mass is 35.5. The topological polar surface area (TPSA) is 83.9 Å². The van der Waals surface area contributed by atoms with Crippen LogP contribution < -0.4 is 0 Å². The molecule has 0 aliphatic carbocycles. The van der Waals surface area contributed by atoms with Crippen LogP contribution in [-0.4, -0.2) is 26.5 Å². The van der Waals surface area contributed by atoms with Gasteiger partial charge in [0.25, 0.3) is 0 Å². The number of fused-ring (bicyclic) bond motifs is 1. The molecule has 6 nitrogen and oxygen atoms in total. The highest BCUT2D eigenvalue weighted by Crippen LogP contribution is 2.24. The van der Waals surface area contributed by atoms with Gasteiger partial charge in [0, 0.05) is 25.0 Å². The van der Waals surface area contributed by atoms with Crippen molar-refractivity contribution in [3.63, 3.8) is 0 Å². The van der Waals surface area contributed by atoms with Crippen molar-refractivity contribution in [2.24, 2.45) is 7.05 Å². The molecule has 0 saturated carbocycles. The van der Waals surface area contributed by atoms with Crippen LogP contribution in [0.2, 0.25) is 5.15 Å². The zero-order chi connectivity index (χ0) is 15.6. The first kappa shape index (κ1) is 15.6. The molecule has 0 bridgehead atoms. The Labute approximate surface area is 126 Å². The minimum Gasteiger partial charge on any atom is -0.320 e. The van der Waals surface area contributed by atoms with Crippen LogP contribution in [0.1, 0.15) is 0 Å². The second kappa shape index (κ2) is 5.90. The molecule has 1 aromatic carbocycles. The van der Waals surface area contributed by atoms with E-state index in [0.717, 1.165) is 10.8 Å². The molecule has 2 aromatic heterocycles. The summed E-state index contributed by atoms with van der Waals surface area (Å²) < 4.78 is 35.6. The Hall–Kier alpha value is -1.80. The molecule has 0 saturated heterocycles. The van der Waals surface area contributed by atoms with E-state index in [1.807, 2.05) is 40.4 Å². The predicted octanol–water partition coefficient (Wildman–Crippen LogP) is 2.95. The third-order valence-electron chi connectivity index (χ3n) is 2.84. The van der Waals surface area contributed by atoms with Crippen molar-refractivity contribution < 1.29 is 17.5 Å². The monoisotopic (exact) mass is 328 g/mol. The molecule has 3 aromatic rings. The first-order valence-corrected chi connectivity index (χ1v) is 7.61. The molecule has 21 heavy (non-hydrogen) atoms. The molecule has 2 N–H and O–H groups in total. The minimum absolute atomic E-state index is 0.745. The van der Waals surface area contributed by atoms with Gasteiger partial charge in [-0.15, -0.1) is 0 Å². The molecule has 0 fully saturated rings. The maximum absolute atomic E-state index is 8.74. The second-order valence-electron chi connectivity index (χ2n) is 4.32. The summed E-state index contributed by atoms with van der Waals surface area (Å²) in [4.78, 5) is 0. The lowest BCUT2D eigenvalue weighted by Gasteiger charge is -1.95. The second-order valence-corrected chi connectivity index (χ2v) is 5.60. The number of halogens is 1. The molecule has 8 heteroatoms. The molecule has 112 valence electrons. The summed E-state index contributed by atoms with van der Waals surface area (Å²) in [7, 11) is -2.70. The maximum atomic E-state index is 8.74. The molecule has 0 aliphatic heterocycles. The van der Waals surface area contributed by atoms with Crippen molar-refractivity contribution >= 4 is 27.6 Å². The van der Waals surface area contributed by atoms with E-state index < -0.39 is 10.4 Å². The fraction of sp³-hybridized carbons (Fsp3) is 0.0769. The van der Waals surface area contributed by atoms with Crippen molar-refractivity contribution in [1.29, 1.82) is 0 Å². The molecule has 2 heterocycles. The third kappa shape index (κ3) is 4.08. The maximum Gasteiger partial charge on any atom is 0.394 e. The highest BCUT2D eigenvalue weighted by molar-refractivity contribution is 7.79. The van der Waals surface area contributed by atoms with E-state index >= 15 is 0 Å². The first-order valence-electron chi connectivity index (χ1n) is 5.84. The van der Waals surface area contributed by atoms with Gasteiger partial charge >= 0.3 is 10.4 Å². The van der Waals surface area contributed by atoms with Gasteiger partial charge in [0.1, 0.15) is 10.8 Å². The average Bonchev–Trinajstić information content (AvgIpc) is 2.90. The summed E-state index contributed by atoms with van der Waals surface area (Å²) in [5.41, 5.74) is 3.54. The van der Waals surface area contributed by atoms with Crippen LogP contribution in [0.4, 0.5) is 0 Å². The molecule has 0 radical (unpaired) electrons. The van der Waals surface area contributed by atoms with Crippen LogP contribution in [-0.2, 0) is 17.4 Å². The Morgan fingerprint density at radius 1 is 1.05 bits per heavy atom. The molecule has 0 atom stereocenters. The van der Waals surface area contributed by atoms with Gasteiger partial charge in [-0.2, -0.15) is 8.42 Å². The summed E-state index contributed by atoms with van der Waals surface area (Å²) in [5, 5.41) is 0.745. The van der Waals surface area contributed by atoms with Gasteiger partial charge in [-0.05, 0) is 11.6 Å². The zero-order valence-electron chi connectivity index (χ0n) is 11.0. The molecular weight excluding hydrogens is 316 g/mol. The summed E-state index contributed by atoms with van der Waals surface area (Å²) in [6.07, 6.45) is 4.01. The fourth-order valence-corrected chi connectivity index (χ4v) is 2.13. The summed E-state index contributed by atoms with van der Waals surface area (Å²) in [6, 6.07) is 12.5. The van der Waals surface area contributed by atoms with E-state index in [0.29, 0.717) is 0 Å². The number of benzene rings is 1. The average molecular weight is 329 g/mol. The standard InChI is InChI=1S/C13H11ClN2.H2O4S/c1-15-12(14)9-16-8-11(7-13(15)16)10-5-3-2-4-6-10;1-5(2,3)4/h2-9H,1H3;(H2,1,2,3,4). The van der Waals surface area contributed by atoms with Crippen LogP contribution >= 0.6 is 11.6 Å². The first-order chi connectivity index (χ1) is 9.75. The molecule has 0 aliphatic rings. The van der Waals surface area contributed by atoms with E-state index in [-0.39, 0.29) is 0 Å². The van der Waals surface area contributed by atoms with Crippen LogP contribution in [0.3, 0.4) is 0 Å². The van der Waals surface area contributed by atoms with Gasteiger partial charge in [0.05, 0.1) is 0 Å². The Kier molecular flexibility index (Phi) is 4.38. The number of hydrogen-bond acceptors (Lipinski definition) is 2. The lowest BCUT2D eigenvalue weighted by atomic mass is 10.1. The predicted molar refractivity (Wildman–Crippen MR) is 81.0 cm³/mol. The zero-order valence-corrected chi connectivity index (χ0v) is 12.6. The van der Waals surface area contributed by atoms with Gasteiger partial charge in [0.2, 0.25) is 0 Å². The van der Waals surface area contributed by atoms with Gasteiger partial charge in [0.15, 0.2) is 0 Å². The van der Waals surface area contributed by atoms with Gasteiger partial charge in [-0.3, -0.25) is 9.11 Å². The highest BCUT2D eigenvalue weighted by Gasteiger charge is 2.07. The Morgan fingerprint density at radius 3 is 2.14 bits per heavy atom. The Balaban J connectivity index is 0.000000282. The number of aromatic nitrogens is 2. The SMILES string of the molecule is Cn1c(Cl)cn2cc(-c3ccccc3)cc12.O=S(=O)(O)O. The van der Waals surface area contributed by atoms with E-state index in [2.05, 4.69) is 24.4 Å². The lowest BCUT2D eigenvalue weighted by molar-refractivity contribution is 0.381. The van der Waals surface area contributed by atoms with Gasteiger partial charge in [-0.25, -0.2) is 0 Å². The smallest absolute Gasteiger partial charge is 0.320 e. The Bertz CT molecular complexity index is 845. The lowest BCUT2D eigenvalue weighted by Crippen LogP contribution is -1.89. The van der Waals surface area contributed by atoms with Crippen LogP contribution in [0.25, 0.3) is 16.8 Å². The quantitative estimate of drug-likeness (QED) is 0.673. The van der Waals surface area contributed by atoms with E-state index in [1.54, 1.807) is 0 Å². The molecule has 0 unspecified atom stereocenters. The molecule has 0 amide bonds. The summed E-state index contributed by atoms with van der Waals surface area (Å²) in [5.74, 6) is 0. The fourth-order valence-electron chi connectivity index (χ4n) is 1.94. The van der Waals surface area contributed by atoms with Gasteiger partial charge in [-0.1, -0.05) is 41.9 Å². The van der Waals surface area contributed by atoms with Crippen molar-refractivity contribution in [3.8, 4) is 11.1 Å². The number of imidazole rings is 1. The van der Waals surface area contributed by atoms with Crippen molar-refractivity contribution in [3.05, 3.63) is 53.9 Å². The molecular formula is C13H13ClN2O4S. The van der Waals surface area contributed by atoms with E-state index in [4.69, 9.17) is 29.1 Å². The van der Waals surface area contributed by atoms with E-state index in [9.17, 15) is 0 Å². The summed E-state index contributed by atoms with van der Waals surface area (Å²) in [6.45, 7) is 0. The number of aryl methyl sites for hydroxylation is 1. The number of rotatable bonds is 1. The van der Waals surface area contributed by atoms with Crippen molar-refractivity contribution in [1.82, 2.24) is 8.97 Å². The van der Waals surface area contributed by atoms with Crippen molar-refractivity contribution in [2.45, 2.75) is 0 Å². The minimum atomic E-state index is -4.67. The largest absolute Gasteiger partial charge is 0.394 e. The normalized spacial score (nSPS) is 11.2. The van der Waals surface area contributed by atoms with Crippen molar-refractivity contribution in [2.75, 3.05) is 0 Å². The molecule has 0 spiro atoms. The van der Waals surface area contributed by atoms with E-state index in [1.165, 1.54) is 11.1 Å². The Morgan fingerprint density at radius 2 is 1.62 bits per heavy atom. The number of nitrogens with zero attached hydrogens (tertiary/aromatic N) is 2. The third-order valence-corrected chi connectivity index (χ3v) is 3.20. The van der Waals surface area contributed by atoms with Crippen LogP contribution in [0.5, 0.6) is 0 Å². The molecule has 3 rings (SSSR count). The number of hydrogen-bond donors (Lipinski definition) is 2. The summed E-state index contributed by atoms with van der Waals surface area (Å²) >= 11 is 6.03. The van der Waals surface area contributed by atoms with Crippen LogP contribution in [0.15, 0.2) is 48.8 Å².